The summed E-state index contributed by atoms with van der Waals surface area (Å²) in [5.41, 5.74) is 3.48. The zero-order valence-electron chi connectivity index (χ0n) is 11.9. The number of thiazole rings is 1. The second kappa shape index (κ2) is 6.31. The molecule has 0 aliphatic rings. The Morgan fingerprint density at radius 2 is 2.00 bits per heavy atom. The lowest BCUT2D eigenvalue weighted by Gasteiger charge is -2.29. The Bertz CT molecular complexity index is 477. The van der Waals surface area contributed by atoms with Gasteiger partial charge in [0.1, 0.15) is 0 Å². The number of nitrogens with zero attached hydrogens (tertiary/aromatic N) is 1. The maximum absolute atomic E-state index is 4.10. The van der Waals surface area contributed by atoms with Crippen LogP contribution in [0.3, 0.4) is 0 Å². The van der Waals surface area contributed by atoms with E-state index in [0.717, 1.165) is 13.0 Å². The second-order valence-electron chi connectivity index (χ2n) is 5.70. The van der Waals surface area contributed by atoms with Crippen molar-refractivity contribution in [3.63, 3.8) is 0 Å². The molecule has 0 bridgehead atoms. The molecule has 1 heterocycles. The highest BCUT2D eigenvalue weighted by atomic mass is 32.1. The molecule has 3 heteroatoms. The third-order valence-corrected chi connectivity index (χ3v) is 4.26. The van der Waals surface area contributed by atoms with Crippen molar-refractivity contribution in [3.8, 4) is 0 Å². The van der Waals surface area contributed by atoms with Gasteiger partial charge in [-0.2, -0.15) is 0 Å². The molecule has 0 saturated heterocycles. The molecule has 2 nitrogen and oxygen atoms in total. The van der Waals surface area contributed by atoms with Crippen LogP contribution in [0.4, 0.5) is 0 Å². The van der Waals surface area contributed by atoms with Crippen molar-refractivity contribution in [2.24, 2.45) is 0 Å². The summed E-state index contributed by atoms with van der Waals surface area (Å²) in [5.74, 6) is 0. The largest absolute Gasteiger partial charge is 0.309 e. The highest BCUT2D eigenvalue weighted by Gasteiger charge is 2.22. The quantitative estimate of drug-likeness (QED) is 0.861. The van der Waals surface area contributed by atoms with Crippen LogP contribution in [0.15, 0.2) is 42.0 Å². The molecular weight excluding hydrogens is 252 g/mol. The van der Waals surface area contributed by atoms with Crippen molar-refractivity contribution in [1.29, 1.82) is 0 Å². The van der Waals surface area contributed by atoms with E-state index in [0.29, 0.717) is 6.04 Å². The van der Waals surface area contributed by atoms with E-state index >= 15 is 0 Å². The molecule has 1 unspecified atom stereocenters. The van der Waals surface area contributed by atoms with Crippen LogP contribution in [0.2, 0.25) is 0 Å². The summed E-state index contributed by atoms with van der Waals surface area (Å²) < 4.78 is 0. The van der Waals surface area contributed by atoms with Crippen LogP contribution in [0.1, 0.15) is 37.6 Å². The molecule has 102 valence electrons. The topological polar surface area (TPSA) is 24.9 Å². The molecule has 0 aliphatic heterocycles. The van der Waals surface area contributed by atoms with Crippen LogP contribution in [-0.4, -0.2) is 11.0 Å². The minimum atomic E-state index is 0.196. The highest BCUT2D eigenvalue weighted by Crippen LogP contribution is 2.28. The Balaban J connectivity index is 1.89. The Morgan fingerprint density at radius 1 is 1.26 bits per heavy atom. The zero-order chi connectivity index (χ0) is 13.7. The summed E-state index contributed by atoms with van der Waals surface area (Å²) >= 11 is 1.71. The predicted molar refractivity (Wildman–Crippen MR) is 82.5 cm³/mol. The van der Waals surface area contributed by atoms with E-state index in [2.05, 4.69) is 61.4 Å². The first-order valence-corrected chi connectivity index (χ1v) is 7.62. The van der Waals surface area contributed by atoms with Crippen molar-refractivity contribution >= 4 is 11.3 Å². The molecule has 2 aromatic rings. The molecule has 0 radical (unpaired) electrons. The van der Waals surface area contributed by atoms with Gasteiger partial charge in [-0.15, -0.1) is 11.3 Å². The van der Waals surface area contributed by atoms with E-state index in [1.165, 1.54) is 10.4 Å². The maximum Gasteiger partial charge on any atom is 0.0794 e. The van der Waals surface area contributed by atoms with E-state index in [1.54, 1.807) is 11.3 Å². The summed E-state index contributed by atoms with van der Waals surface area (Å²) in [6, 6.07) is 11.2. The molecule has 0 saturated carbocycles. The zero-order valence-corrected chi connectivity index (χ0v) is 12.7. The molecule has 0 fully saturated rings. The van der Waals surface area contributed by atoms with Crippen LogP contribution < -0.4 is 5.32 Å². The van der Waals surface area contributed by atoms with Gasteiger partial charge in [0.2, 0.25) is 0 Å². The van der Waals surface area contributed by atoms with E-state index in [-0.39, 0.29) is 5.41 Å². The van der Waals surface area contributed by atoms with Crippen molar-refractivity contribution in [2.75, 3.05) is 0 Å². The molecule has 1 aromatic heterocycles. The normalized spacial score (nSPS) is 13.4. The first-order valence-electron chi connectivity index (χ1n) is 6.74. The summed E-state index contributed by atoms with van der Waals surface area (Å²) in [7, 11) is 0. The molecule has 1 N–H and O–H groups in total. The first kappa shape index (κ1) is 14.2. The van der Waals surface area contributed by atoms with Gasteiger partial charge in [-0.05, 0) is 24.3 Å². The monoisotopic (exact) mass is 274 g/mol. The number of aromatic nitrogens is 1. The fourth-order valence-corrected chi connectivity index (χ4v) is 2.99. The van der Waals surface area contributed by atoms with Gasteiger partial charge < -0.3 is 5.32 Å². The smallest absolute Gasteiger partial charge is 0.0794 e. The molecule has 2 rings (SSSR count). The van der Waals surface area contributed by atoms with Crippen LogP contribution in [-0.2, 0) is 12.0 Å². The van der Waals surface area contributed by atoms with Gasteiger partial charge in [-0.3, -0.25) is 4.98 Å². The SMILES string of the molecule is CC(CC(C)(C)c1ccccc1)NCc1cncs1. The van der Waals surface area contributed by atoms with Gasteiger partial charge in [0, 0.05) is 23.7 Å². The Morgan fingerprint density at radius 3 is 2.63 bits per heavy atom. The lowest BCUT2D eigenvalue weighted by molar-refractivity contribution is 0.389. The van der Waals surface area contributed by atoms with Crippen molar-refractivity contribution < 1.29 is 0 Å². The number of hydrogen-bond donors (Lipinski definition) is 1. The number of hydrogen-bond acceptors (Lipinski definition) is 3. The average molecular weight is 274 g/mol. The third-order valence-electron chi connectivity index (χ3n) is 3.48. The minimum absolute atomic E-state index is 0.196. The van der Waals surface area contributed by atoms with Gasteiger partial charge in [0.15, 0.2) is 0 Å². The summed E-state index contributed by atoms with van der Waals surface area (Å²) in [4.78, 5) is 5.40. The predicted octanol–water partition coefficient (Wildman–Crippen LogP) is 3.99. The number of benzene rings is 1. The van der Waals surface area contributed by atoms with Crippen LogP contribution in [0.5, 0.6) is 0 Å². The molecular formula is C16H22N2S. The van der Waals surface area contributed by atoms with E-state index in [9.17, 15) is 0 Å². The fraction of sp³-hybridized carbons (Fsp3) is 0.438. The molecule has 0 spiro atoms. The van der Waals surface area contributed by atoms with Crippen LogP contribution in [0.25, 0.3) is 0 Å². The van der Waals surface area contributed by atoms with E-state index in [4.69, 9.17) is 0 Å². The van der Waals surface area contributed by atoms with Gasteiger partial charge >= 0.3 is 0 Å². The first-order chi connectivity index (χ1) is 9.08. The Hall–Kier alpha value is -1.19. The second-order valence-corrected chi connectivity index (χ2v) is 6.67. The molecule has 1 atom stereocenters. The molecule has 0 amide bonds. The van der Waals surface area contributed by atoms with Crippen LogP contribution >= 0.6 is 11.3 Å². The van der Waals surface area contributed by atoms with Crippen molar-refractivity contribution in [1.82, 2.24) is 10.3 Å². The standard InChI is InChI=1S/C16H22N2S/c1-13(18-11-15-10-17-12-19-15)9-16(2,3)14-7-5-4-6-8-14/h4-8,10,12-13,18H,9,11H2,1-3H3. The third kappa shape index (κ3) is 4.15. The van der Waals surface area contributed by atoms with Crippen LogP contribution in [0, 0.1) is 0 Å². The summed E-state index contributed by atoms with van der Waals surface area (Å²) in [6.07, 6.45) is 3.06. The van der Waals surface area contributed by atoms with Gasteiger partial charge in [-0.25, -0.2) is 0 Å². The lowest BCUT2D eigenvalue weighted by Crippen LogP contribution is -2.32. The van der Waals surface area contributed by atoms with Crippen molar-refractivity contribution in [3.05, 3.63) is 52.5 Å². The lowest BCUT2D eigenvalue weighted by atomic mass is 9.79. The highest BCUT2D eigenvalue weighted by molar-refractivity contribution is 7.09. The van der Waals surface area contributed by atoms with Gasteiger partial charge in [-0.1, -0.05) is 44.2 Å². The molecule has 0 aliphatic carbocycles. The number of nitrogens with one attached hydrogen (secondary N) is 1. The van der Waals surface area contributed by atoms with E-state index in [1.807, 2.05) is 11.7 Å². The Labute approximate surface area is 119 Å². The average Bonchev–Trinajstić information content (AvgIpc) is 2.90. The summed E-state index contributed by atoms with van der Waals surface area (Å²) in [6.45, 7) is 7.79. The maximum atomic E-state index is 4.10. The Kier molecular flexibility index (Phi) is 4.72. The molecule has 19 heavy (non-hydrogen) atoms. The number of rotatable bonds is 6. The van der Waals surface area contributed by atoms with Gasteiger partial charge in [0.05, 0.1) is 5.51 Å². The summed E-state index contributed by atoms with van der Waals surface area (Å²) in [5, 5.41) is 3.58. The van der Waals surface area contributed by atoms with Crippen molar-refractivity contribution in [2.45, 2.75) is 45.2 Å². The minimum Gasteiger partial charge on any atom is -0.309 e. The fourth-order valence-electron chi connectivity index (χ4n) is 2.45. The van der Waals surface area contributed by atoms with E-state index < -0.39 is 0 Å². The van der Waals surface area contributed by atoms with Gasteiger partial charge in [0.25, 0.3) is 0 Å². The molecule has 1 aromatic carbocycles.